The number of fused-ring (bicyclic) bond motifs is 1. The Morgan fingerprint density at radius 2 is 1.47 bits per heavy atom. The molecular formula is C17H20N2. The van der Waals surface area contributed by atoms with Gasteiger partial charge in [-0.2, -0.15) is 0 Å². The van der Waals surface area contributed by atoms with E-state index < -0.39 is 0 Å². The van der Waals surface area contributed by atoms with E-state index in [4.69, 9.17) is 0 Å². The normalized spacial score (nSPS) is 21.6. The van der Waals surface area contributed by atoms with Gasteiger partial charge in [0.25, 0.3) is 0 Å². The molecule has 1 aliphatic rings. The third kappa shape index (κ3) is 1.56. The molecule has 1 atom stereocenters. The van der Waals surface area contributed by atoms with Gasteiger partial charge >= 0.3 is 0 Å². The predicted octanol–water partition coefficient (Wildman–Crippen LogP) is 3.84. The first-order valence-electron chi connectivity index (χ1n) is 6.85. The molecular weight excluding hydrogens is 232 g/mol. The van der Waals surface area contributed by atoms with Crippen LogP contribution in [0.4, 0.5) is 11.4 Å². The van der Waals surface area contributed by atoms with E-state index in [-0.39, 0.29) is 5.66 Å². The van der Waals surface area contributed by atoms with Gasteiger partial charge < -0.3 is 9.80 Å². The van der Waals surface area contributed by atoms with E-state index >= 15 is 0 Å². The fourth-order valence-electron chi connectivity index (χ4n) is 3.21. The second-order valence-electron chi connectivity index (χ2n) is 5.18. The topological polar surface area (TPSA) is 6.48 Å². The summed E-state index contributed by atoms with van der Waals surface area (Å²) in [5.74, 6) is 0. The lowest BCUT2D eigenvalue weighted by Gasteiger charge is -2.42. The number of benzene rings is 2. The molecule has 98 valence electrons. The highest BCUT2D eigenvalue weighted by atomic mass is 15.4. The standard InChI is InChI=1S/C17H20N2/c1-4-19-16-13-9-8-12-15(16)18(3)17(19,2)14-10-6-5-7-11-14/h5-13H,4H2,1-3H3/t17-/m1/s1. The Morgan fingerprint density at radius 1 is 0.895 bits per heavy atom. The van der Waals surface area contributed by atoms with Crippen molar-refractivity contribution in [1.82, 2.24) is 0 Å². The Hall–Kier alpha value is -1.96. The molecule has 0 fully saturated rings. The minimum absolute atomic E-state index is 0.111. The van der Waals surface area contributed by atoms with Gasteiger partial charge in [-0.1, -0.05) is 42.5 Å². The van der Waals surface area contributed by atoms with Crippen LogP contribution in [-0.4, -0.2) is 13.6 Å². The zero-order valence-corrected chi connectivity index (χ0v) is 11.8. The minimum atomic E-state index is -0.111. The summed E-state index contributed by atoms with van der Waals surface area (Å²) in [4.78, 5) is 4.85. The molecule has 2 nitrogen and oxygen atoms in total. The third-order valence-corrected chi connectivity index (χ3v) is 4.35. The Labute approximate surface area is 115 Å². The van der Waals surface area contributed by atoms with Crippen LogP contribution in [0.15, 0.2) is 54.6 Å². The molecule has 0 N–H and O–H groups in total. The Balaban J connectivity index is 2.18. The predicted molar refractivity (Wildman–Crippen MR) is 81.7 cm³/mol. The molecule has 0 amide bonds. The molecule has 1 heterocycles. The van der Waals surface area contributed by atoms with Crippen molar-refractivity contribution in [3.8, 4) is 0 Å². The highest BCUT2D eigenvalue weighted by Gasteiger charge is 2.44. The fraction of sp³-hybridized carbons (Fsp3) is 0.294. The van der Waals surface area contributed by atoms with E-state index in [0.717, 1.165) is 6.54 Å². The molecule has 2 heteroatoms. The van der Waals surface area contributed by atoms with Gasteiger partial charge in [0.1, 0.15) is 5.66 Å². The maximum atomic E-state index is 2.47. The van der Waals surface area contributed by atoms with Crippen molar-refractivity contribution in [3.05, 3.63) is 60.2 Å². The first-order valence-corrected chi connectivity index (χ1v) is 6.85. The van der Waals surface area contributed by atoms with E-state index in [0.29, 0.717) is 0 Å². The minimum Gasteiger partial charge on any atom is -0.347 e. The molecule has 2 aromatic carbocycles. The lowest BCUT2D eigenvalue weighted by atomic mass is 9.99. The van der Waals surface area contributed by atoms with Crippen LogP contribution in [0.2, 0.25) is 0 Å². The summed E-state index contributed by atoms with van der Waals surface area (Å²) < 4.78 is 0. The summed E-state index contributed by atoms with van der Waals surface area (Å²) in [5.41, 5.74) is 3.84. The van der Waals surface area contributed by atoms with Gasteiger partial charge in [-0.3, -0.25) is 0 Å². The van der Waals surface area contributed by atoms with E-state index in [9.17, 15) is 0 Å². The smallest absolute Gasteiger partial charge is 0.136 e. The summed E-state index contributed by atoms with van der Waals surface area (Å²) in [6.07, 6.45) is 0. The molecule has 2 aromatic rings. The lowest BCUT2D eigenvalue weighted by molar-refractivity contribution is 0.461. The van der Waals surface area contributed by atoms with Crippen LogP contribution >= 0.6 is 0 Å². The maximum Gasteiger partial charge on any atom is 0.136 e. The van der Waals surface area contributed by atoms with Crippen molar-refractivity contribution in [1.29, 1.82) is 0 Å². The molecule has 1 aliphatic heterocycles. The molecule has 3 rings (SSSR count). The summed E-state index contributed by atoms with van der Waals surface area (Å²) in [5, 5.41) is 0. The summed E-state index contributed by atoms with van der Waals surface area (Å²) in [6.45, 7) is 5.51. The molecule has 0 aliphatic carbocycles. The van der Waals surface area contributed by atoms with Gasteiger partial charge in [0.2, 0.25) is 0 Å². The molecule has 0 spiro atoms. The van der Waals surface area contributed by atoms with Crippen LogP contribution < -0.4 is 9.80 Å². The second kappa shape index (κ2) is 4.30. The quantitative estimate of drug-likeness (QED) is 0.801. The van der Waals surface area contributed by atoms with E-state index in [1.54, 1.807) is 0 Å². The van der Waals surface area contributed by atoms with Gasteiger partial charge in [-0.05, 0) is 31.5 Å². The molecule has 0 unspecified atom stereocenters. The van der Waals surface area contributed by atoms with E-state index in [1.807, 2.05) is 0 Å². The lowest BCUT2D eigenvalue weighted by Crippen LogP contribution is -2.50. The zero-order valence-electron chi connectivity index (χ0n) is 11.8. The van der Waals surface area contributed by atoms with Crippen LogP contribution in [0.5, 0.6) is 0 Å². The van der Waals surface area contributed by atoms with Gasteiger partial charge in [0.15, 0.2) is 0 Å². The number of anilines is 2. The zero-order chi connectivity index (χ0) is 13.5. The van der Waals surface area contributed by atoms with Crippen molar-refractivity contribution in [3.63, 3.8) is 0 Å². The fourth-order valence-corrected chi connectivity index (χ4v) is 3.21. The third-order valence-electron chi connectivity index (χ3n) is 4.35. The Kier molecular flexibility index (Phi) is 2.74. The van der Waals surface area contributed by atoms with Gasteiger partial charge in [-0.25, -0.2) is 0 Å². The van der Waals surface area contributed by atoms with Crippen molar-refractivity contribution in [2.45, 2.75) is 19.5 Å². The number of hydrogen-bond acceptors (Lipinski definition) is 2. The summed E-state index contributed by atoms with van der Waals surface area (Å²) >= 11 is 0. The molecule has 19 heavy (non-hydrogen) atoms. The average Bonchev–Trinajstić information content (AvgIpc) is 2.70. The summed E-state index contributed by atoms with van der Waals surface area (Å²) in [7, 11) is 2.18. The van der Waals surface area contributed by atoms with Crippen molar-refractivity contribution >= 4 is 11.4 Å². The largest absolute Gasteiger partial charge is 0.347 e. The van der Waals surface area contributed by atoms with Gasteiger partial charge in [0.05, 0.1) is 11.4 Å². The Morgan fingerprint density at radius 3 is 2.11 bits per heavy atom. The van der Waals surface area contributed by atoms with Crippen molar-refractivity contribution in [2.24, 2.45) is 0 Å². The van der Waals surface area contributed by atoms with E-state index in [1.165, 1.54) is 16.9 Å². The number of para-hydroxylation sites is 2. The number of rotatable bonds is 2. The molecule has 0 radical (unpaired) electrons. The van der Waals surface area contributed by atoms with Crippen molar-refractivity contribution in [2.75, 3.05) is 23.4 Å². The maximum absolute atomic E-state index is 2.47. The highest BCUT2D eigenvalue weighted by Crippen LogP contribution is 2.48. The number of hydrogen-bond donors (Lipinski definition) is 0. The second-order valence-corrected chi connectivity index (χ2v) is 5.18. The number of nitrogens with zero attached hydrogens (tertiary/aromatic N) is 2. The molecule has 0 saturated heterocycles. The van der Waals surface area contributed by atoms with Crippen LogP contribution in [-0.2, 0) is 5.66 Å². The molecule has 0 saturated carbocycles. The SMILES string of the molecule is CCN1c2ccccc2N(C)[C@@]1(C)c1ccccc1. The van der Waals surface area contributed by atoms with Gasteiger partial charge in [0, 0.05) is 13.6 Å². The Bertz CT molecular complexity index is 579. The van der Waals surface area contributed by atoms with Crippen LogP contribution in [0.3, 0.4) is 0 Å². The van der Waals surface area contributed by atoms with E-state index in [2.05, 4.69) is 85.3 Å². The van der Waals surface area contributed by atoms with Crippen molar-refractivity contribution < 1.29 is 0 Å². The molecule has 0 bridgehead atoms. The van der Waals surface area contributed by atoms with Gasteiger partial charge in [-0.15, -0.1) is 0 Å². The monoisotopic (exact) mass is 252 g/mol. The van der Waals surface area contributed by atoms with Crippen LogP contribution in [0.1, 0.15) is 19.4 Å². The first-order chi connectivity index (χ1) is 9.19. The molecule has 0 aromatic heterocycles. The average molecular weight is 252 g/mol. The van der Waals surface area contributed by atoms with Crippen LogP contribution in [0.25, 0.3) is 0 Å². The highest BCUT2D eigenvalue weighted by molar-refractivity contribution is 5.79. The first kappa shape index (κ1) is 12.1. The van der Waals surface area contributed by atoms with Crippen LogP contribution in [0, 0.1) is 0 Å². The summed E-state index contributed by atoms with van der Waals surface area (Å²) in [6, 6.07) is 19.4.